The van der Waals surface area contributed by atoms with Crippen molar-refractivity contribution in [1.29, 1.82) is 0 Å². The Labute approximate surface area is 209 Å². The molecule has 1 N–H and O–H groups in total. The van der Waals surface area contributed by atoms with Crippen molar-refractivity contribution < 1.29 is 27.0 Å². The van der Waals surface area contributed by atoms with Crippen LogP contribution in [0.3, 0.4) is 0 Å². The second-order valence-corrected chi connectivity index (χ2v) is 10.8. The Morgan fingerprint density at radius 1 is 1.05 bits per heavy atom. The molecular formula is C25H20F3N5O3S. The van der Waals surface area contributed by atoms with E-state index in [4.69, 9.17) is 0 Å². The summed E-state index contributed by atoms with van der Waals surface area (Å²) in [5.74, 6) is -2.64. The highest BCUT2D eigenvalue weighted by atomic mass is 32.2. The van der Waals surface area contributed by atoms with Crippen molar-refractivity contribution in [2.45, 2.75) is 30.1 Å². The molecule has 1 aliphatic carbocycles. The summed E-state index contributed by atoms with van der Waals surface area (Å²) in [7, 11) is -3.93. The molecule has 12 heteroatoms. The van der Waals surface area contributed by atoms with Gasteiger partial charge in [-0.15, -0.1) is 4.36 Å². The largest absolute Gasteiger partial charge is 0.474 e. The van der Waals surface area contributed by atoms with Gasteiger partial charge in [0.25, 0.3) is 5.91 Å². The molecule has 0 aliphatic heterocycles. The Hall–Kier alpha value is -4.06. The number of aromatic nitrogens is 3. The number of carbonyl (C=O) groups excluding carboxylic acids is 2. The third-order valence-corrected chi connectivity index (χ3v) is 7.25. The molecule has 2 aromatic carbocycles. The van der Waals surface area contributed by atoms with Crippen LogP contribution in [0.25, 0.3) is 28.2 Å². The van der Waals surface area contributed by atoms with Gasteiger partial charge < -0.3 is 5.32 Å². The smallest absolute Gasteiger partial charge is 0.349 e. The highest BCUT2D eigenvalue weighted by molar-refractivity contribution is 7.93. The van der Waals surface area contributed by atoms with Crippen LogP contribution in [-0.4, -0.2) is 48.9 Å². The van der Waals surface area contributed by atoms with Gasteiger partial charge in [0.05, 0.1) is 17.6 Å². The van der Waals surface area contributed by atoms with Crippen molar-refractivity contribution >= 4 is 27.2 Å². The van der Waals surface area contributed by atoms with Crippen LogP contribution in [0, 0.1) is 0 Å². The number of alkyl halides is 3. The first-order valence-electron chi connectivity index (χ1n) is 11.2. The molecule has 1 aliphatic rings. The monoisotopic (exact) mass is 527 g/mol. The summed E-state index contributed by atoms with van der Waals surface area (Å²) in [6.45, 7) is 0. The maximum absolute atomic E-state index is 13.4. The lowest BCUT2D eigenvalue weighted by Gasteiger charge is -2.11. The molecule has 1 unspecified atom stereocenters. The minimum Gasteiger partial charge on any atom is -0.349 e. The zero-order valence-corrected chi connectivity index (χ0v) is 20.2. The molecule has 0 radical (unpaired) electrons. The van der Waals surface area contributed by atoms with Gasteiger partial charge in [0.1, 0.15) is 9.73 Å². The molecule has 1 fully saturated rings. The first-order chi connectivity index (χ1) is 17.5. The molecular weight excluding hydrogens is 507 g/mol. The summed E-state index contributed by atoms with van der Waals surface area (Å²) in [5.41, 5.74) is 2.55. The summed E-state index contributed by atoms with van der Waals surface area (Å²) in [6, 6.07) is 15.7. The topological polar surface area (TPSA) is 106 Å². The molecule has 1 saturated carbocycles. The fourth-order valence-electron chi connectivity index (χ4n) is 3.72. The first kappa shape index (κ1) is 24.6. The number of benzene rings is 2. The van der Waals surface area contributed by atoms with E-state index >= 15 is 0 Å². The number of carbonyl (C=O) groups is 2. The lowest BCUT2D eigenvalue weighted by atomic mass is 10.1. The molecule has 190 valence electrons. The van der Waals surface area contributed by atoms with E-state index in [1.54, 1.807) is 65.2 Å². The Bertz CT molecular complexity index is 1640. The average Bonchev–Trinajstić information content (AvgIpc) is 3.58. The van der Waals surface area contributed by atoms with E-state index in [2.05, 4.69) is 19.6 Å². The predicted molar refractivity (Wildman–Crippen MR) is 130 cm³/mol. The second-order valence-electron chi connectivity index (χ2n) is 8.66. The highest BCUT2D eigenvalue weighted by Gasteiger charge is 2.40. The van der Waals surface area contributed by atoms with Crippen molar-refractivity contribution in [2.24, 2.45) is 4.36 Å². The van der Waals surface area contributed by atoms with E-state index < -0.39 is 21.8 Å². The maximum atomic E-state index is 13.4. The number of amides is 2. The van der Waals surface area contributed by atoms with Crippen LogP contribution in [0.4, 0.5) is 13.2 Å². The van der Waals surface area contributed by atoms with Gasteiger partial charge in [-0.1, -0.05) is 42.5 Å². The van der Waals surface area contributed by atoms with Crippen LogP contribution < -0.4 is 5.32 Å². The van der Waals surface area contributed by atoms with Gasteiger partial charge in [-0.3, -0.25) is 14.0 Å². The molecule has 0 spiro atoms. The zero-order valence-electron chi connectivity index (χ0n) is 19.4. The molecule has 0 bridgehead atoms. The third-order valence-electron chi connectivity index (χ3n) is 5.74. The van der Waals surface area contributed by atoms with Crippen LogP contribution in [0.1, 0.15) is 23.2 Å². The van der Waals surface area contributed by atoms with E-state index in [9.17, 15) is 27.0 Å². The van der Waals surface area contributed by atoms with Gasteiger partial charge >= 0.3 is 12.1 Å². The van der Waals surface area contributed by atoms with Crippen molar-refractivity contribution in [3.63, 3.8) is 0 Å². The van der Waals surface area contributed by atoms with Crippen LogP contribution in [0.2, 0.25) is 0 Å². The van der Waals surface area contributed by atoms with Crippen LogP contribution in [0.15, 0.2) is 76.4 Å². The number of nitrogens with one attached hydrogen (secondary N) is 1. The number of hydrogen-bond donors (Lipinski definition) is 1. The van der Waals surface area contributed by atoms with Crippen molar-refractivity contribution in [1.82, 2.24) is 19.7 Å². The Kier molecular flexibility index (Phi) is 6.06. The molecule has 5 rings (SSSR count). The number of fused-ring (bicyclic) bond motifs is 1. The molecule has 0 saturated heterocycles. The Balaban J connectivity index is 1.65. The molecule has 37 heavy (non-hydrogen) atoms. The van der Waals surface area contributed by atoms with E-state index in [-0.39, 0.29) is 22.6 Å². The van der Waals surface area contributed by atoms with Gasteiger partial charge in [-0.2, -0.15) is 13.2 Å². The van der Waals surface area contributed by atoms with Crippen LogP contribution >= 0.6 is 0 Å². The fourth-order valence-corrected chi connectivity index (χ4v) is 4.98. The molecule has 1 atom stereocenters. The second kappa shape index (κ2) is 9.11. The van der Waals surface area contributed by atoms with E-state index in [0.717, 1.165) is 19.1 Å². The lowest BCUT2D eigenvalue weighted by Crippen LogP contribution is -2.25. The van der Waals surface area contributed by atoms with Crippen molar-refractivity contribution in [3.8, 4) is 22.5 Å². The Morgan fingerprint density at radius 3 is 2.35 bits per heavy atom. The number of halogens is 3. The van der Waals surface area contributed by atoms with Crippen molar-refractivity contribution in [3.05, 3.63) is 72.6 Å². The average molecular weight is 528 g/mol. The third kappa shape index (κ3) is 5.10. The number of nitrogens with zero attached hydrogens (tertiary/aromatic N) is 4. The summed E-state index contributed by atoms with van der Waals surface area (Å²) in [5, 5.41) is 2.57. The maximum Gasteiger partial charge on any atom is 0.474 e. The van der Waals surface area contributed by atoms with E-state index in [1.807, 2.05) is 0 Å². The van der Waals surface area contributed by atoms with Gasteiger partial charge in [0.15, 0.2) is 10.7 Å². The minimum absolute atomic E-state index is 0.00328. The summed E-state index contributed by atoms with van der Waals surface area (Å²) in [4.78, 5) is 32.5. The first-order valence-corrected chi connectivity index (χ1v) is 13.1. The van der Waals surface area contributed by atoms with Gasteiger partial charge in [-0.25, -0.2) is 14.2 Å². The van der Waals surface area contributed by atoms with Crippen LogP contribution in [-0.2, 0) is 14.5 Å². The number of imidazole rings is 1. The Morgan fingerprint density at radius 2 is 1.73 bits per heavy atom. The van der Waals surface area contributed by atoms with Gasteiger partial charge in [0, 0.05) is 35.2 Å². The quantitative estimate of drug-likeness (QED) is 0.411. The normalized spacial score (nSPS) is 15.2. The molecule has 2 aromatic heterocycles. The van der Waals surface area contributed by atoms with E-state index in [1.165, 1.54) is 6.20 Å². The fraction of sp³-hybridized carbons (Fsp3) is 0.200. The van der Waals surface area contributed by atoms with Crippen molar-refractivity contribution in [2.75, 3.05) is 6.26 Å². The summed E-state index contributed by atoms with van der Waals surface area (Å²) in [6.07, 6.45) is 0.650. The standard InChI is InChI=1S/C25H20F3N5O3S/c1-37(36,32-24(35)25(26,27)28)23-21-29-13-20(33(21)14-19(31-23)15-5-3-2-4-6-15)16-7-9-17(10-8-16)22(34)30-18-11-12-18/h2-10,13-14,18H,11-12H2,1H3,(H,30,34). The van der Waals surface area contributed by atoms with Gasteiger partial charge in [0.2, 0.25) is 0 Å². The van der Waals surface area contributed by atoms with Gasteiger partial charge in [-0.05, 0) is 25.0 Å². The SMILES string of the molecule is CS(=O)(=NC(=O)C(F)(F)F)c1nc(-c2ccccc2)cn2c(-c3ccc(C(=O)NC4CC4)cc3)cnc12. The minimum atomic E-state index is -5.28. The lowest BCUT2D eigenvalue weighted by molar-refractivity contribution is -0.169. The van der Waals surface area contributed by atoms with E-state index in [0.29, 0.717) is 28.1 Å². The van der Waals surface area contributed by atoms with Crippen LogP contribution in [0.5, 0.6) is 0 Å². The summed E-state index contributed by atoms with van der Waals surface area (Å²) < 4.78 is 56.6. The molecule has 4 aromatic rings. The molecule has 8 nitrogen and oxygen atoms in total. The predicted octanol–water partition coefficient (Wildman–Crippen LogP) is 4.50. The zero-order chi connectivity index (χ0) is 26.4. The number of hydrogen-bond acceptors (Lipinski definition) is 5. The highest BCUT2D eigenvalue weighted by Crippen LogP contribution is 2.29. The number of rotatable bonds is 5. The molecule has 2 heterocycles. The molecule has 2 amide bonds. The summed E-state index contributed by atoms with van der Waals surface area (Å²) >= 11 is 0.